The smallest absolute Gasteiger partial charge is 0.231 e. The van der Waals surface area contributed by atoms with Crippen molar-refractivity contribution < 1.29 is 8.37 Å². The zero-order valence-corrected chi connectivity index (χ0v) is 25.0. The van der Waals surface area contributed by atoms with Crippen LogP contribution in [0.1, 0.15) is 156 Å². The monoisotopic (exact) mass is 506 g/mol. The maximum atomic E-state index is 5.96. The van der Waals surface area contributed by atoms with E-state index in [2.05, 4.69) is 20.8 Å². The Morgan fingerprint density at radius 3 is 1.03 bits per heavy atom. The Hall–Kier alpha value is 0.837. The van der Waals surface area contributed by atoms with Crippen molar-refractivity contribution >= 4 is 30.1 Å². The van der Waals surface area contributed by atoms with E-state index in [0.717, 1.165) is 13.2 Å². The molecule has 2 nitrogen and oxygen atoms in total. The van der Waals surface area contributed by atoms with Crippen molar-refractivity contribution in [2.24, 2.45) is 0 Å². The van der Waals surface area contributed by atoms with Crippen LogP contribution in [-0.2, 0) is 8.37 Å². The topological polar surface area (TPSA) is 18.5 Å². The third kappa shape index (κ3) is 27.1. The Morgan fingerprint density at radius 2 is 0.719 bits per heavy atom. The Bertz CT molecular complexity index is 307. The molecular formula is C27H58O2S2Si. The SMILES string of the molecule is CCCCCCCCCCCCOS[SiH](CCC)SOCCCCCCCCCCCC. The summed E-state index contributed by atoms with van der Waals surface area (Å²) in [4.78, 5) is 0. The van der Waals surface area contributed by atoms with Crippen molar-refractivity contribution in [3.8, 4) is 0 Å². The lowest BCUT2D eigenvalue weighted by Gasteiger charge is -2.13. The lowest BCUT2D eigenvalue weighted by atomic mass is 10.1. The predicted octanol–water partition coefficient (Wildman–Crippen LogP) is 10.8. The van der Waals surface area contributed by atoms with Gasteiger partial charge in [-0.3, -0.25) is 0 Å². The molecule has 5 heteroatoms. The number of unbranched alkanes of at least 4 members (excludes halogenated alkanes) is 18. The van der Waals surface area contributed by atoms with E-state index in [9.17, 15) is 0 Å². The largest absolute Gasteiger partial charge is 0.321 e. The first-order valence-corrected chi connectivity index (χ1v) is 19.7. The Kier molecular flexibility index (Phi) is 30.6. The standard InChI is InChI=1S/C27H58O2S2Si/c1-4-7-9-11-13-15-17-19-21-23-25-28-30-32(27-6-3)31-29-26-24-22-20-18-16-14-12-10-8-5-2/h32H,4-27H2,1-3H3. The highest BCUT2D eigenvalue weighted by Gasteiger charge is 2.14. The van der Waals surface area contributed by atoms with Gasteiger partial charge in [0.25, 0.3) is 0 Å². The van der Waals surface area contributed by atoms with Gasteiger partial charge in [-0.1, -0.05) is 143 Å². The molecule has 32 heavy (non-hydrogen) atoms. The van der Waals surface area contributed by atoms with Crippen LogP contribution in [0.5, 0.6) is 0 Å². The molecule has 0 aromatic heterocycles. The van der Waals surface area contributed by atoms with Gasteiger partial charge >= 0.3 is 0 Å². The van der Waals surface area contributed by atoms with Gasteiger partial charge in [0, 0.05) is 0 Å². The molecule has 0 bridgehead atoms. The minimum absolute atomic E-state index is 0.924. The van der Waals surface area contributed by atoms with E-state index < -0.39 is 7.10 Å². The lowest BCUT2D eigenvalue weighted by Crippen LogP contribution is -2.05. The third-order valence-corrected chi connectivity index (χ3v) is 13.1. The molecule has 0 aromatic carbocycles. The van der Waals surface area contributed by atoms with Crippen molar-refractivity contribution in [1.29, 1.82) is 0 Å². The van der Waals surface area contributed by atoms with Crippen molar-refractivity contribution in [3.05, 3.63) is 0 Å². The summed E-state index contributed by atoms with van der Waals surface area (Å²) in [6.45, 7) is 8.71. The minimum Gasteiger partial charge on any atom is -0.321 e. The molecule has 0 spiro atoms. The van der Waals surface area contributed by atoms with Gasteiger partial charge in [-0.25, -0.2) is 0 Å². The highest BCUT2D eigenvalue weighted by atomic mass is 32.6. The van der Waals surface area contributed by atoms with Gasteiger partial charge in [-0.05, 0) is 41.9 Å². The van der Waals surface area contributed by atoms with Crippen molar-refractivity contribution in [2.45, 2.75) is 162 Å². The summed E-state index contributed by atoms with van der Waals surface area (Å²) in [6.07, 6.45) is 29.0. The molecule has 0 N–H and O–H groups in total. The van der Waals surface area contributed by atoms with Crippen LogP contribution in [0, 0.1) is 0 Å². The Morgan fingerprint density at radius 1 is 0.406 bits per heavy atom. The summed E-state index contributed by atoms with van der Waals surface area (Å²) >= 11 is 3.57. The molecule has 0 aliphatic heterocycles. The maximum Gasteiger partial charge on any atom is 0.231 e. The summed E-state index contributed by atoms with van der Waals surface area (Å²) in [5.41, 5.74) is 0. The van der Waals surface area contributed by atoms with Crippen molar-refractivity contribution in [1.82, 2.24) is 0 Å². The zero-order valence-electron chi connectivity index (χ0n) is 22.2. The van der Waals surface area contributed by atoms with Gasteiger partial charge in [0.1, 0.15) is 0 Å². The Labute approximate surface area is 212 Å². The molecule has 0 aliphatic rings. The van der Waals surface area contributed by atoms with Crippen LogP contribution in [0.3, 0.4) is 0 Å². The third-order valence-electron chi connectivity index (χ3n) is 6.04. The highest BCUT2D eigenvalue weighted by molar-refractivity contribution is 8.51. The van der Waals surface area contributed by atoms with Crippen LogP contribution in [0.15, 0.2) is 0 Å². The summed E-state index contributed by atoms with van der Waals surface area (Å²) in [5.74, 6) is 0. The average Bonchev–Trinajstić information content (AvgIpc) is 2.80. The zero-order chi connectivity index (χ0) is 23.4. The quantitative estimate of drug-likeness (QED) is 0.0596. The molecule has 194 valence electrons. The van der Waals surface area contributed by atoms with E-state index in [1.54, 1.807) is 23.0 Å². The van der Waals surface area contributed by atoms with Crippen LogP contribution in [0.2, 0.25) is 6.04 Å². The molecule has 0 saturated heterocycles. The fourth-order valence-electron chi connectivity index (χ4n) is 3.89. The van der Waals surface area contributed by atoms with E-state index in [1.165, 1.54) is 141 Å². The molecule has 0 rings (SSSR count). The average molecular weight is 507 g/mol. The summed E-state index contributed by atoms with van der Waals surface area (Å²) in [6, 6.07) is 1.30. The van der Waals surface area contributed by atoms with Gasteiger partial charge in [0.2, 0.25) is 7.10 Å². The van der Waals surface area contributed by atoms with Crippen LogP contribution >= 0.6 is 23.0 Å². The fraction of sp³-hybridized carbons (Fsp3) is 1.00. The molecule has 0 fully saturated rings. The van der Waals surface area contributed by atoms with E-state index in [-0.39, 0.29) is 0 Å². The number of rotatable bonds is 28. The summed E-state index contributed by atoms with van der Waals surface area (Å²) < 4.78 is 11.9. The molecule has 0 atom stereocenters. The maximum absolute atomic E-state index is 5.96. The van der Waals surface area contributed by atoms with Crippen LogP contribution in [0.4, 0.5) is 0 Å². The van der Waals surface area contributed by atoms with Crippen molar-refractivity contribution in [2.75, 3.05) is 13.2 Å². The highest BCUT2D eigenvalue weighted by Crippen LogP contribution is 2.26. The van der Waals surface area contributed by atoms with Crippen LogP contribution in [0.25, 0.3) is 0 Å². The molecule has 0 unspecified atom stereocenters. The van der Waals surface area contributed by atoms with Gasteiger partial charge in [0.15, 0.2) is 0 Å². The number of hydrogen-bond acceptors (Lipinski definition) is 4. The minimum atomic E-state index is -1.01. The fourth-order valence-corrected chi connectivity index (χ4v) is 10.2. The molecule has 0 heterocycles. The predicted molar refractivity (Wildman–Crippen MR) is 153 cm³/mol. The number of hydrogen-bond donors (Lipinski definition) is 0. The molecule has 0 amide bonds. The second-order valence-electron chi connectivity index (χ2n) is 9.42. The lowest BCUT2D eigenvalue weighted by molar-refractivity contribution is 0.356. The Balaban J connectivity index is 3.39. The van der Waals surface area contributed by atoms with Gasteiger partial charge < -0.3 is 8.37 Å². The molecular weight excluding hydrogens is 449 g/mol. The first-order chi connectivity index (χ1) is 15.8. The molecule has 0 saturated carbocycles. The van der Waals surface area contributed by atoms with E-state index in [1.807, 2.05) is 0 Å². The second-order valence-corrected chi connectivity index (χ2v) is 17.2. The molecule has 0 aliphatic carbocycles. The van der Waals surface area contributed by atoms with Crippen molar-refractivity contribution in [3.63, 3.8) is 0 Å². The summed E-state index contributed by atoms with van der Waals surface area (Å²) in [7, 11) is -1.01. The normalized spacial score (nSPS) is 11.6. The molecule has 0 radical (unpaired) electrons. The van der Waals surface area contributed by atoms with E-state index in [0.29, 0.717) is 0 Å². The second kappa shape index (κ2) is 29.9. The first kappa shape index (κ1) is 32.8. The summed E-state index contributed by atoms with van der Waals surface area (Å²) in [5, 5.41) is 0. The van der Waals surface area contributed by atoms with Crippen LogP contribution in [-0.4, -0.2) is 20.3 Å². The van der Waals surface area contributed by atoms with E-state index in [4.69, 9.17) is 8.37 Å². The van der Waals surface area contributed by atoms with Gasteiger partial charge in [-0.2, -0.15) is 0 Å². The van der Waals surface area contributed by atoms with E-state index >= 15 is 0 Å². The molecule has 0 aromatic rings. The van der Waals surface area contributed by atoms with Gasteiger partial charge in [-0.15, -0.1) is 0 Å². The van der Waals surface area contributed by atoms with Crippen LogP contribution < -0.4 is 0 Å². The first-order valence-electron chi connectivity index (χ1n) is 14.4. The van der Waals surface area contributed by atoms with Gasteiger partial charge in [0.05, 0.1) is 13.2 Å².